The Bertz CT molecular complexity index is 195. The summed E-state index contributed by atoms with van der Waals surface area (Å²) in [6.07, 6.45) is 1.19. The van der Waals surface area contributed by atoms with Crippen LogP contribution in [-0.4, -0.2) is 36.0 Å². The Hall–Kier alpha value is -0.610. The fourth-order valence-corrected chi connectivity index (χ4v) is 1.77. The number of carbonyl (C=O) groups is 1. The molecule has 13 heavy (non-hydrogen) atoms. The van der Waals surface area contributed by atoms with Gasteiger partial charge >= 0.3 is 0 Å². The SMILES string of the molecule is CC1CCN(CC(N)C(N)=O)C1C. The van der Waals surface area contributed by atoms with Crippen LogP contribution in [0.25, 0.3) is 0 Å². The summed E-state index contributed by atoms with van der Waals surface area (Å²) >= 11 is 0. The maximum absolute atomic E-state index is 10.7. The van der Waals surface area contributed by atoms with Crippen LogP contribution in [-0.2, 0) is 4.79 Å². The van der Waals surface area contributed by atoms with E-state index in [9.17, 15) is 4.79 Å². The zero-order valence-electron chi connectivity index (χ0n) is 8.36. The lowest BCUT2D eigenvalue weighted by atomic mass is 10.1. The third kappa shape index (κ3) is 2.42. The second-order valence-corrected chi connectivity index (χ2v) is 4.01. The van der Waals surface area contributed by atoms with Gasteiger partial charge in [-0.3, -0.25) is 9.69 Å². The number of hydrogen-bond donors (Lipinski definition) is 2. The Labute approximate surface area is 79.3 Å². The molecule has 0 saturated carbocycles. The molecule has 3 unspecified atom stereocenters. The van der Waals surface area contributed by atoms with E-state index in [2.05, 4.69) is 18.7 Å². The third-order valence-electron chi connectivity index (χ3n) is 3.07. The number of primary amides is 1. The Balaban J connectivity index is 2.42. The van der Waals surface area contributed by atoms with Crippen molar-refractivity contribution in [2.45, 2.75) is 32.4 Å². The molecule has 0 radical (unpaired) electrons. The second kappa shape index (κ2) is 4.07. The average Bonchev–Trinajstić information content (AvgIpc) is 2.36. The van der Waals surface area contributed by atoms with Crippen molar-refractivity contribution in [3.05, 3.63) is 0 Å². The monoisotopic (exact) mass is 185 g/mol. The molecule has 3 atom stereocenters. The van der Waals surface area contributed by atoms with Crippen molar-refractivity contribution in [3.63, 3.8) is 0 Å². The fraction of sp³-hybridized carbons (Fsp3) is 0.889. The van der Waals surface area contributed by atoms with Crippen LogP contribution in [0.3, 0.4) is 0 Å². The molecule has 0 aromatic carbocycles. The molecule has 1 saturated heterocycles. The molecule has 4 heteroatoms. The normalized spacial score (nSPS) is 31.9. The molecule has 0 spiro atoms. The van der Waals surface area contributed by atoms with E-state index in [1.54, 1.807) is 0 Å². The maximum atomic E-state index is 10.7. The van der Waals surface area contributed by atoms with Gasteiger partial charge in [-0.15, -0.1) is 0 Å². The van der Waals surface area contributed by atoms with Gasteiger partial charge in [0.05, 0.1) is 6.04 Å². The van der Waals surface area contributed by atoms with E-state index < -0.39 is 11.9 Å². The average molecular weight is 185 g/mol. The minimum absolute atomic E-state index is 0.410. The van der Waals surface area contributed by atoms with Gasteiger partial charge in [0.1, 0.15) is 0 Å². The fourth-order valence-electron chi connectivity index (χ4n) is 1.77. The van der Waals surface area contributed by atoms with Crippen LogP contribution in [0.15, 0.2) is 0 Å². The van der Waals surface area contributed by atoms with Crippen molar-refractivity contribution in [1.29, 1.82) is 0 Å². The lowest BCUT2D eigenvalue weighted by molar-refractivity contribution is -0.119. The van der Waals surface area contributed by atoms with Gasteiger partial charge in [0.15, 0.2) is 0 Å². The summed E-state index contributed by atoms with van der Waals surface area (Å²) in [6, 6.07) is -0.00171. The van der Waals surface area contributed by atoms with Crippen LogP contribution in [0, 0.1) is 5.92 Å². The van der Waals surface area contributed by atoms with E-state index in [0.29, 0.717) is 18.5 Å². The Morgan fingerprint density at radius 2 is 2.23 bits per heavy atom. The van der Waals surface area contributed by atoms with E-state index in [0.717, 1.165) is 6.54 Å². The number of hydrogen-bond acceptors (Lipinski definition) is 3. The number of carbonyl (C=O) groups excluding carboxylic acids is 1. The van der Waals surface area contributed by atoms with E-state index >= 15 is 0 Å². The molecule has 1 rings (SSSR count). The summed E-state index contributed by atoms with van der Waals surface area (Å²) in [5, 5.41) is 0. The lowest BCUT2D eigenvalue weighted by Crippen LogP contribution is -2.47. The lowest BCUT2D eigenvalue weighted by Gasteiger charge is -2.24. The largest absolute Gasteiger partial charge is 0.368 e. The van der Waals surface area contributed by atoms with Crippen molar-refractivity contribution in [2.75, 3.05) is 13.1 Å². The molecule has 4 N–H and O–H groups in total. The second-order valence-electron chi connectivity index (χ2n) is 4.01. The number of amides is 1. The molecule has 4 nitrogen and oxygen atoms in total. The van der Waals surface area contributed by atoms with Crippen molar-refractivity contribution < 1.29 is 4.79 Å². The summed E-state index contributed by atoms with van der Waals surface area (Å²) in [7, 11) is 0. The standard InChI is InChI=1S/C9H19N3O/c1-6-3-4-12(7(6)2)5-8(10)9(11)13/h6-8H,3-5,10H2,1-2H3,(H2,11,13). The zero-order chi connectivity index (χ0) is 10.0. The van der Waals surface area contributed by atoms with Crippen molar-refractivity contribution in [3.8, 4) is 0 Å². The first-order chi connectivity index (χ1) is 6.02. The highest BCUT2D eigenvalue weighted by atomic mass is 16.1. The molecule has 1 aliphatic heterocycles. The minimum Gasteiger partial charge on any atom is -0.368 e. The Morgan fingerprint density at radius 3 is 2.62 bits per heavy atom. The van der Waals surface area contributed by atoms with Gasteiger partial charge in [-0.05, 0) is 25.8 Å². The Morgan fingerprint density at radius 1 is 1.62 bits per heavy atom. The van der Waals surface area contributed by atoms with Crippen molar-refractivity contribution in [1.82, 2.24) is 4.90 Å². The first-order valence-corrected chi connectivity index (χ1v) is 4.81. The molecule has 0 bridgehead atoms. The van der Waals surface area contributed by atoms with E-state index in [1.165, 1.54) is 6.42 Å². The smallest absolute Gasteiger partial charge is 0.235 e. The summed E-state index contributed by atoms with van der Waals surface area (Å²) in [5.74, 6) is 0.284. The van der Waals surface area contributed by atoms with Crippen LogP contribution < -0.4 is 11.5 Å². The number of rotatable bonds is 3. The molecule has 0 aromatic heterocycles. The van der Waals surface area contributed by atoms with Gasteiger partial charge < -0.3 is 11.5 Å². The molecule has 1 heterocycles. The highest BCUT2D eigenvalue weighted by Gasteiger charge is 2.29. The first-order valence-electron chi connectivity index (χ1n) is 4.81. The summed E-state index contributed by atoms with van der Waals surface area (Å²) in [6.45, 7) is 6.02. The molecule has 0 aliphatic carbocycles. The highest BCUT2D eigenvalue weighted by molar-refractivity contribution is 5.79. The van der Waals surface area contributed by atoms with E-state index in [4.69, 9.17) is 11.5 Å². The number of likely N-dealkylation sites (tertiary alicyclic amines) is 1. The van der Waals surface area contributed by atoms with Crippen LogP contribution >= 0.6 is 0 Å². The summed E-state index contributed by atoms with van der Waals surface area (Å²) in [4.78, 5) is 13.0. The number of nitrogens with zero attached hydrogens (tertiary/aromatic N) is 1. The minimum atomic E-state index is -0.521. The molecule has 76 valence electrons. The predicted octanol–water partition coefficient (Wildman–Crippen LogP) is -0.471. The predicted molar refractivity (Wildman–Crippen MR) is 52.0 cm³/mol. The van der Waals surface area contributed by atoms with Gasteiger partial charge in [-0.2, -0.15) is 0 Å². The van der Waals surface area contributed by atoms with Gasteiger partial charge in [0, 0.05) is 12.6 Å². The molecule has 1 amide bonds. The summed E-state index contributed by atoms with van der Waals surface area (Å²) in [5.41, 5.74) is 10.7. The topological polar surface area (TPSA) is 72.3 Å². The summed E-state index contributed by atoms with van der Waals surface area (Å²) < 4.78 is 0. The Kier molecular flexibility index (Phi) is 3.27. The van der Waals surface area contributed by atoms with Crippen LogP contribution in [0.2, 0.25) is 0 Å². The molecular formula is C9H19N3O. The zero-order valence-corrected chi connectivity index (χ0v) is 8.36. The van der Waals surface area contributed by atoms with Crippen LogP contribution in [0.4, 0.5) is 0 Å². The van der Waals surface area contributed by atoms with Gasteiger partial charge in [-0.25, -0.2) is 0 Å². The molecule has 1 fully saturated rings. The maximum Gasteiger partial charge on any atom is 0.235 e. The molecular weight excluding hydrogens is 166 g/mol. The molecule has 0 aromatic rings. The van der Waals surface area contributed by atoms with Gasteiger partial charge in [0.2, 0.25) is 5.91 Å². The van der Waals surface area contributed by atoms with Crippen LogP contribution in [0.5, 0.6) is 0 Å². The van der Waals surface area contributed by atoms with E-state index in [1.807, 2.05) is 0 Å². The number of nitrogens with two attached hydrogens (primary N) is 2. The quantitative estimate of drug-likeness (QED) is 0.624. The third-order valence-corrected chi connectivity index (χ3v) is 3.07. The molecule has 1 aliphatic rings. The van der Waals surface area contributed by atoms with Gasteiger partial charge in [-0.1, -0.05) is 6.92 Å². The van der Waals surface area contributed by atoms with E-state index in [-0.39, 0.29) is 0 Å². The highest BCUT2D eigenvalue weighted by Crippen LogP contribution is 2.22. The first kappa shape index (κ1) is 10.5. The van der Waals surface area contributed by atoms with Crippen molar-refractivity contribution in [2.24, 2.45) is 17.4 Å². The van der Waals surface area contributed by atoms with Crippen molar-refractivity contribution >= 4 is 5.91 Å². The van der Waals surface area contributed by atoms with Crippen LogP contribution in [0.1, 0.15) is 20.3 Å². The van der Waals surface area contributed by atoms with Gasteiger partial charge in [0.25, 0.3) is 0 Å².